The first-order valence-electron chi connectivity index (χ1n) is 18.3. The molecule has 0 spiro atoms. The van der Waals surface area contributed by atoms with Crippen molar-refractivity contribution in [2.75, 3.05) is 13.4 Å². The Hall–Kier alpha value is -4.96. The molecule has 0 heterocycles. The summed E-state index contributed by atoms with van der Waals surface area (Å²) in [6.45, 7) is 6.21. The number of hydrogen-bond donors (Lipinski definition) is 4. The molecule has 298 valence electrons. The standard InChI is InChI=1S/C40H55NO13/c1-5-7-9-12-15-18-31(43)19-16-13-10-11-14-17-20-34(40(50,38(47)48)26-35(44)45)36(46)41-37(52-28-53-39(49)54-29(3)4)33(27-42)30-21-23-32(24-22-30)51-25-8-6-2/h17,20-24,29,34,37,50H,5,7,9-16,18-19,25-26,28H2,1-4H3,(H,41,46)(H,44,45)(H,47,48)/b20-17+/t34-,37+,40+/m1/s1. The number of benzene rings is 1. The van der Waals surface area contributed by atoms with Crippen LogP contribution in [-0.4, -0.2) is 82.4 Å². The number of carboxylic acid groups (broad SMARTS) is 2. The molecule has 14 heteroatoms. The average Bonchev–Trinajstić information content (AvgIpc) is 3.11. The van der Waals surface area contributed by atoms with Crippen molar-refractivity contribution < 1.29 is 63.0 Å². The molecule has 0 aliphatic carbocycles. The monoisotopic (exact) mass is 757 g/mol. The van der Waals surface area contributed by atoms with Gasteiger partial charge in [-0.1, -0.05) is 75.7 Å². The third kappa shape index (κ3) is 18.7. The first-order chi connectivity index (χ1) is 25.8. The smallest absolute Gasteiger partial charge is 0.481 e. The number of aliphatic hydroxyl groups is 1. The average molecular weight is 758 g/mol. The van der Waals surface area contributed by atoms with Crippen LogP contribution in [0.3, 0.4) is 0 Å². The zero-order chi connectivity index (χ0) is 40.4. The molecule has 0 aliphatic heterocycles. The SMILES string of the molecule is CC#CCOc1ccc(C(=C=O)[C@@H](NC(=O)[C@@H](/C=C/CCCCCCC(=O)CCCCCCC)[C@@](O)(CC(=O)O)C(=O)O)OCOC(=O)OC(C)C)cc1. The molecule has 0 unspecified atom stereocenters. The van der Waals surface area contributed by atoms with Crippen molar-refractivity contribution in [1.29, 1.82) is 0 Å². The fourth-order valence-electron chi connectivity index (χ4n) is 5.21. The highest BCUT2D eigenvalue weighted by Crippen LogP contribution is 2.27. The Balaban J connectivity index is 3.17. The van der Waals surface area contributed by atoms with E-state index in [4.69, 9.17) is 18.9 Å². The van der Waals surface area contributed by atoms with Crippen LogP contribution in [-0.2, 0) is 38.2 Å². The van der Waals surface area contributed by atoms with Crippen molar-refractivity contribution in [1.82, 2.24) is 5.32 Å². The number of Topliss-reactive ketones (excluding diaryl/α,β-unsaturated/α-hetero) is 1. The fourth-order valence-corrected chi connectivity index (χ4v) is 5.21. The molecule has 4 N–H and O–H groups in total. The van der Waals surface area contributed by atoms with E-state index in [1.165, 1.54) is 36.8 Å². The highest BCUT2D eigenvalue weighted by molar-refractivity contribution is 5.96. The van der Waals surface area contributed by atoms with Gasteiger partial charge in [0.1, 0.15) is 24.1 Å². The van der Waals surface area contributed by atoms with Crippen LogP contribution in [0.15, 0.2) is 36.4 Å². The maximum Gasteiger partial charge on any atom is 0.510 e. The van der Waals surface area contributed by atoms with Crippen LogP contribution >= 0.6 is 0 Å². The van der Waals surface area contributed by atoms with E-state index in [1.807, 2.05) is 0 Å². The van der Waals surface area contributed by atoms with Crippen LogP contribution in [0.2, 0.25) is 0 Å². The Morgan fingerprint density at radius 1 is 0.926 bits per heavy atom. The second-order valence-corrected chi connectivity index (χ2v) is 12.9. The Labute approximate surface area is 317 Å². The number of ketones is 1. The lowest BCUT2D eigenvalue weighted by Crippen LogP contribution is -2.54. The molecule has 54 heavy (non-hydrogen) atoms. The normalized spacial score (nSPS) is 13.1. The van der Waals surface area contributed by atoms with Crippen LogP contribution in [0.1, 0.15) is 117 Å². The van der Waals surface area contributed by atoms with E-state index in [9.17, 15) is 44.1 Å². The lowest BCUT2D eigenvalue weighted by molar-refractivity contribution is -0.172. The van der Waals surface area contributed by atoms with Gasteiger partial charge < -0.3 is 39.6 Å². The summed E-state index contributed by atoms with van der Waals surface area (Å²) in [6.07, 6.45) is 7.54. The van der Waals surface area contributed by atoms with E-state index in [-0.39, 0.29) is 23.5 Å². The summed E-state index contributed by atoms with van der Waals surface area (Å²) in [5.74, 6) is 0.890. The van der Waals surface area contributed by atoms with Crippen molar-refractivity contribution in [2.24, 2.45) is 5.92 Å². The molecule has 14 nitrogen and oxygen atoms in total. The van der Waals surface area contributed by atoms with Gasteiger partial charge in [0.25, 0.3) is 0 Å². The molecular weight excluding hydrogens is 702 g/mol. The number of carbonyl (C=O) groups is 5. The number of aliphatic carboxylic acids is 2. The minimum Gasteiger partial charge on any atom is -0.481 e. The van der Waals surface area contributed by atoms with Crippen molar-refractivity contribution in [3.63, 3.8) is 0 Å². The topological polar surface area (TPSA) is 212 Å². The van der Waals surface area contributed by atoms with Crippen LogP contribution < -0.4 is 10.1 Å². The van der Waals surface area contributed by atoms with Gasteiger partial charge in [0.05, 0.1) is 24.0 Å². The molecule has 0 saturated heterocycles. The second-order valence-electron chi connectivity index (χ2n) is 12.9. The van der Waals surface area contributed by atoms with Crippen molar-refractivity contribution in [3.8, 4) is 17.6 Å². The summed E-state index contributed by atoms with van der Waals surface area (Å²) in [4.78, 5) is 74.1. The molecule has 0 bridgehead atoms. The van der Waals surface area contributed by atoms with Crippen molar-refractivity contribution >= 4 is 41.3 Å². The summed E-state index contributed by atoms with van der Waals surface area (Å²) < 4.78 is 20.8. The third-order valence-corrected chi connectivity index (χ3v) is 8.09. The van der Waals surface area contributed by atoms with Crippen LogP contribution in [0, 0.1) is 17.8 Å². The number of ether oxygens (including phenoxy) is 4. The second kappa shape index (κ2) is 26.7. The lowest BCUT2D eigenvalue weighted by Gasteiger charge is -2.30. The number of nitrogens with one attached hydrogen (secondary N) is 1. The van der Waals surface area contributed by atoms with Crippen LogP contribution in [0.5, 0.6) is 5.75 Å². The van der Waals surface area contributed by atoms with Crippen molar-refractivity contribution in [3.05, 3.63) is 42.0 Å². The van der Waals surface area contributed by atoms with Gasteiger partial charge in [0.2, 0.25) is 5.91 Å². The highest BCUT2D eigenvalue weighted by atomic mass is 16.8. The predicted octanol–water partition coefficient (Wildman–Crippen LogP) is 6.01. The van der Waals surface area contributed by atoms with Gasteiger partial charge in [0.15, 0.2) is 18.6 Å². The van der Waals surface area contributed by atoms with Gasteiger partial charge in [0, 0.05) is 12.8 Å². The van der Waals surface area contributed by atoms with Gasteiger partial charge >= 0.3 is 18.1 Å². The number of rotatable bonds is 28. The summed E-state index contributed by atoms with van der Waals surface area (Å²) >= 11 is 0. The highest BCUT2D eigenvalue weighted by Gasteiger charge is 2.49. The Morgan fingerprint density at radius 2 is 1.56 bits per heavy atom. The molecule has 0 saturated carbocycles. The zero-order valence-electron chi connectivity index (χ0n) is 31.7. The summed E-state index contributed by atoms with van der Waals surface area (Å²) in [5, 5.41) is 32.9. The lowest BCUT2D eigenvalue weighted by atomic mass is 9.83. The molecule has 1 aromatic carbocycles. The van der Waals surface area contributed by atoms with Gasteiger partial charge in [-0.05, 0) is 64.2 Å². The van der Waals surface area contributed by atoms with E-state index < -0.39 is 61.1 Å². The molecule has 1 rings (SSSR count). The Morgan fingerprint density at radius 3 is 2.11 bits per heavy atom. The van der Waals surface area contributed by atoms with E-state index in [0.717, 1.165) is 51.0 Å². The van der Waals surface area contributed by atoms with Crippen LogP contribution in [0.25, 0.3) is 5.57 Å². The molecule has 0 radical (unpaired) electrons. The first kappa shape index (κ1) is 47.1. The van der Waals surface area contributed by atoms with E-state index in [1.54, 1.807) is 26.7 Å². The third-order valence-electron chi connectivity index (χ3n) is 8.09. The predicted molar refractivity (Wildman–Crippen MR) is 199 cm³/mol. The van der Waals surface area contributed by atoms with Gasteiger partial charge in [-0.15, -0.1) is 5.92 Å². The van der Waals surface area contributed by atoms with Gasteiger partial charge in [-0.3, -0.25) is 14.4 Å². The summed E-state index contributed by atoms with van der Waals surface area (Å²) in [6, 6.07) is 5.92. The number of carbonyl (C=O) groups excluding carboxylic acids is 4. The van der Waals surface area contributed by atoms with Crippen molar-refractivity contribution in [2.45, 2.75) is 129 Å². The molecule has 0 aliphatic rings. The zero-order valence-corrected chi connectivity index (χ0v) is 31.7. The number of amides is 1. The fraction of sp³-hybridized carbons (Fsp3) is 0.575. The van der Waals surface area contributed by atoms with E-state index in [2.05, 4.69) is 24.1 Å². The number of carboxylic acids is 2. The molecule has 1 aromatic rings. The molecule has 0 fully saturated rings. The van der Waals surface area contributed by atoms with Gasteiger partial charge in [-0.2, -0.15) is 0 Å². The molecule has 0 aromatic heterocycles. The van der Waals surface area contributed by atoms with Crippen LogP contribution in [0.4, 0.5) is 4.79 Å². The number of unbranched alkanes of at least 4 members (excludes halogenated alkanes) is 8. The molecule has 3 atom stereocenters. The quantitative estimate of drug-likeness (QED) is 0.0193. The molecule has 1 amide bonds. The number of allylic oxidation sites excluding steroid dienone is 1. The maximum atomic E-state index is 13.8. The minimum absolute atomic E-state index is 0.107. The first-order valence-corrected chi connectivity index (χ1v) is 18.3. The van der Waals surface area contributed by atoms with E-state index in [0.29, 0.717) is 31.4 Å². The summed E-state index contributed by atoms with van der Waals surface area (Å²) in [5.41, 5.74) is -3.26. The Kier molecular flexibility index (Phi) is 23.3. The minimum atomic E-state index is -3.11. The Bertz CT molecular complexity index is 1480. The maximum absolute atomic E-state index is 13.8. The summed E-state index contributed by atoms with van der Waals surface area (Å²) in [7, 11) is 0. The molecular formula is C40H55NO13. The van der Waals surface area contributed by atoms with E-state index >= 15 is 0 Å². The number of hydrogen-bond acceptors (Lipinski definition) is 11. The van der Waals surface area contributed by atoms with Gasteiger partial charge in [-0.25, -0.2) is 14.4 Å². The largest absolute Gasteiger partial charge is 0.510 e.